The molecule has 3 rings (SSSR count). The second-order valence-electron chi connectivity index (χ2n) is 6.43. The molecule has 4 heteroatoms. The van der Waals surface area contributed by atoms with Crippen LogP contribution in [0.25, 0.3) is 10.9 Å². The van der Waals surface area contributed by atoms with Crippen LogP contribution in [0.2, 0.25) is 0 Å². The summed E-state index contributed by atoms with van der Waals surface area (Å²) in [5.41, 5.74) is 3.83. The molecule has 0 spiro atoms. The van der Waals surface area contributed by atoms with Gasteiger partial charge >= 0.3 is 5.97 Å². The van der Waals surface area contributed by atoms with E-state index in [0.717, 1.165) is 60.0 Å². The van der Waals surface area contributed by atoms with E-state index < -0.39 is 0 Å². The lowest BCUT2D eigenvalue weighted by molar-refractivity contribution is 0.0482. The number of likely N-dealkylation sites (N-methyl/N-ethyl adjacent to an activating group) is 1. The first-order valence-corrected chi connectivity index (χ1v) is 8.39. The number of carbonyl (C=O) groups excluding carboxylic acids is 1. The number of pyridine rings is 1. The fourth-order valence-electron chi connectivity index (χ4n) is 3.18. The van der Waals surface area contributed by atoms with Crippen molar-refractivity contribution in [2.24, 2.45) is 0 Å². The van der Waals surface area contributed by atoms with Crippen molar-refractivity contribution >= 4 is 16.9 Å². The minimum atomic E-state index is -0.205. The Labute approximate surface area is 137 Å². The molecule has 23 heavy (non-hydrogen) atoms. The Morgan fingerprint density at radius 2 is 1.96 bits per heavy atom. The van der Waals surface area contributed by atoms with Crippen molar-refractivity contribution in [2.45, 2.75) is 32.1 Å². The van der Waals surface area contributed by atoms with E-state index in [1.165, 1.54) is 6.42 Å². The van der Waals surface area contributed by atoms with E-state index in [4.69, 9.17) is 9.72 Å². The largest absolute Gasteiger partial charge is 0.461 e. The van der Waals surface area contributed by atoms with E-state index in [0.29, 0.717) is 6.61 Å². The summed E-state index contributed by atoms with van der Waals surface area (Å²) < 4.78 is 5.55. The first-order valence-electron chi connectivity index (χ1n) is 8.39. The van der Waals surface area contributed by atoms with E-state index in [-0.39, 0.29) is 5.97 Å². The molecule has 122 valence electrons. The average molecular weight is 312 g/mol. The highest BCUT2D eigenvalue weighted by Crippen LogP contribution is 2.29. The third-order valence-corrected chi connectivity index (χ3v) is 4.40. The molecule has 0 atom stereocenters. The minimum absolute atomic E-state index is 0.205. The van der Waals surface area contributed by atoms with Crippen molar-refractivity contribution < 1.29 is 9.53 Å². The van der Waals surface area contributed by atoms with Crippen molar-refractivity contribution in [1.82, 2.24) is 9.88 Å². The van der Waals surface area contributed by atoms with Crippen LogP contribution in [-0.4, -0.2) is 43.1 Å². The molecule has 2 aromatic rings. The third-order valence-electron chi connectivity index (χ3n) is 4.40. The molecule has 0 fully saturated rings. The summed E-state index contributed by atoms with van der Waals surface area (Å²) in [6.07, 6.45) is 5.34. The predicted molar refractivity (Wildman–Crippen MR) is 91.8 cm³/mol. The van der Waals surface area contributed by atoms with Crippen LogP contribution in [0.3, 0.4) is 0 Å². The number of ether oxygens (including phenoxy) is 1. The molecule has 1 aliphatic rings. The first-order chi connectivity index (χ1) is 11.2. The molecule has 0 radical (unpaired) electrons. The Bertz CT molecular complexity index is 710. The summed E-state index contributed by atoms with van der Waals surface area (Å²) in [6.45, 7) is 1.15. The highest BCUT2D eigenvalue weighted by atomic mass is 16.5. The maximum Gasteiger partial charge on any atom is 0.339 e. The Morgan fingerprint density at radius 1 is 1.17 bits per heavy atom. The molecule has 0 saturated carbocycles. The fourth-order valence-corrected chi connectivity index (χ4v) is 3.18. The van der Waals surface area contributed by atoms with Crippen LogP contribution in [0.4, 0.5) is 0 Å². The van der Waals surface area contributed by atoms with Crippen LogP contribution >= 0.6 is 0 Å². The molecule has 0 bridgehead atoms. The van der Waals surface area contributed by atoms with Crippen LogP contribution in [-0.2, 0) is 17.6 Å². The lowest BCUT2D eigenvalue weighted by Crippen LogP contribution is -2.21. The fraction of sp³-hybridized carbons (Fsp3) is 0.474. The van der Waals surface area contributed by atoms with Gasteiger partial charge in [-0.15, -0.1) is 0 Å². The maximum absolute atomic E-state index is 12.8. The van der Waals surface area contributed by atoms with Crippen molar-refractivity contribution in [3.8, 4) is 0 Å². The molecular weight excluding hydrogens is 288 g/mol. The number of hydrogen-bond donors (Lipinski definition) is 0. The summed E-state index contributed by atoms with van der Waals surface area (Å²) in [4.78, 5) is 19.6. The molecule has 1 heterocycles. The molecule has 1 aromatic carbocycles. The number of rotatable bonds is 4. The minimum Gasteiger partial charge on any atom is -0.461 e. The van der Waals surface area contributed by atoms with Crippen LogP contribution < -0.4 is 0 Å². The zero-order valence-electron chi connectivity index (χ0n) is 14.0. The van der Waals surface area contributed by atoms with Crippen LogP contribution in [0.1, 0.15) is 40.9 Å². The molecule has 0 saturated heterocycles. The molecule has 1 aliphatic carbocycles. The number of carbonyl (C=O) groups is 1. The second kappa shape index (κ2) is 7.09. The number of esters is 1. The van der Waals surface area contributed by atoms with Crippen LogP contribution in [0, 0.1) is 0 Å². The van der Waals surface area contributed by atoms with E-state index in [9.17, 15) is 4.79 Å². The second-order valence-corrected chi connectivity index (χ2v) is 6.43. The SMILES string of the molecule is CN(C)CCOC(=O)c1c2c(nc3ccccc13)CCCCC2. The molecular formula is C19H24N2O2. The van der Waals surface area contributed by atoms with Crippen molar-refractivity contribution in [1.29, 1.82) is 0 Å². The topological polar surface area (TPSA) is 42.4 Å². The van der Waals surface area contributed by atoms with Gasteiger partial charge < -0.3 is 9.64 Å². The molecule has 0 N–H and O–H groups in total. The molecule has 4 nitrogen and oxygen atoms in total. The number of para-hydroxylation sites is 1. The van der Waals surface area contributed by atoms with E-state index in [1.54, 1.807) is 0 Å². The van der Waals surface area contributed by atoms with Gasteiger partial charge in [-0.3, -0.25) is 4.98 Å². The summed E-state index contributed by atoms with van der Waals surface area (Å²) >= 11 is 0. The van der Waals surface area contributed by atoms with Crippen LogP contribution in [0.15, 0.2) is 24.3 Å². The van der Waals surface area contributed by atoms with Crippen molar-refractivity contribution in [3.63, 3.8) is 0 Å². The van der Waals surface area contributed by atoms with Gasteiger partial charge in [0.05, 0.1) is 11.1 Å². The number of aromatic nitrogens is 1. The average Bonchev–Trinajstić information content (AvgIpc) is 2.77. The summed E-state index contributed by atoms with van der Waals surface area (Å²) in [6, 6.07) is 7.90. The zero-order valence-corrected chi connectivity index (χ0v) is 14.0. The van der Waals surface area contributed by atoms with E-state index in [2.05, 4.69) is 0 Å². The number of hydrogen-bond acceptors (Lipinski definition) is 4. The van der Waals surface area contributed by atoms with Crippen molar-refractivity contribution in [3.05, 3.63) is 41.1 Å². The molecule has 0 amide bonds. The smallest absolute Gasteiger partial charge is 0.339 e. The lowest BCUT2D eigenvalue weighted by atomic mass is 9.97. The maximum atomic E-state index is 12.8. The highest BCUT2D eigenvalue weighted by molar-refractivity contribution is 6.05. The van der Waals surface area contributed by atoms with Gasteiger partial charge in [0.1, 0.15) is 6.61 Å². The van der Waals surface area contributed by atoms with Gasteiger partial charge in [0, 0.05) is 17.6 Å². The lowest BCUT2D eigenvalue weighted by Gasteiger charge is -2.15. The molecule has 0 aliphatic heterocycles. The Hall–Kier alpha value is -1.94. The summed E-state index contributed by atoms with van der Waals surface area (Å²) in [7, 11) is 3.95. The molecule has 0 unspecified atom stereocenters. The van der Waals surface area contributed by atoms with Gasteiger partial charge in [-0.1, -0.05) is 24.6 Å². The summed E-state index contributed by atoms with van der Waals surface area (Å²) in [5, 5.41) is 0.919. The van der Waals surface area contributed by atoms with Gasteiger partial charge in [-0.25, -0.2) is 4.79 Å². The quantitative estimate of drug-likeness (QED) is 0.642. The number of fused-ring (bicyclic) bond motifs is 2. The monoisotopic (exact) mass is 312 g/mol. The van der Waals surface area contributed by atoms with Gasteiger partial charge in [0.2, 0.25) is 0 Å². The van der Waals surface area contributed by atoms with Gasteiger partial charge in [0.25, 0.3) is 0 Å². The number of aryl methyl sites for hydroxylation is 1. The van der Waals surface area contributed by atoms with Crippen molar-refractivity contribution in [2.75, 3.05) is 27.2 Å². The van der Waals surface area contributed by atoms with E-state index in [1.807, 2.05) is 43.3 Å². The zero-order chi connectivity index (χ0) is 16.2. The van der Waals surface area contributed by atoms with Gasteiger partial charge in [0.15, 0.2) is 0 Å². The number of nitrogens with zero attached hydrogens (tertiary/aromatic N) is 2. The van der Waals surface area contributed by atoms with Gasteiger partial charge in [-0.05, 0) is 51.4 Å². The Morgan fingerprint density at radius 3 is 2.78 bits per heavy atom. The Balaban J connectivity index is 2.02. The summed E-state index contributed by atoms with van der Waals surface area (Å²) in [5.74, 6) is -0.205. The third kappa shape index (κ3) is 3.53. The standard InChI is InChI=1S/C19H24N2O2/c1-21(2)12-13-23-19(22)18-14-8-4-3-5-10-16(14)20-17-11-7-6-9-15(17)18/h6-7,9,11H,3-5,8,10,12-13H2,1-2H3. The van der Waals surface area contributed by atoms with Crippen LogP contribution in [0.5, 0.6) is 0 Å². The predicted octanol–water partition coefficient (Wildman–Crippen LogP) is 3.22. The first kappa shape index (κ1) is 15.9. The molecule has 1 aromatic heterocycles. The number of benzene rings is 1. The van der Waals surface area contributed by atoms with Gasteiger partial charge in [-0.2, -0.15) is 0 Å². The highest BCUT2D eigenvalue weighted by Gasteiger charge is 2.22. The van der Waals surface area contributed by atoms with E-state index >= 15 is 0 Å². The Kier molecular flexibility index (Phi) is 4.91. The normalized spacial score (nSPS) is 14.6.